The van der Waals surface area contributed by atoms with E-state index < -0.39 is 0 Å². The fourth-order valence-corrected chi connectivity index (χ4v) is 4.93. The summed E-state index contributed by atoms with van der Waals surface area (Å²) in [7, 11) is 0. The number of fused-ring (bicyclic) bond motifs is 2. The van der Waals surface area contributed by atoms with Gasteiger partial charge in [0.05, 0.1) is 0 Å². The number of carbonyl (C=O) groups excluding carboxylic acids is 1. The zero-order valence-electron chi connectivity index (χ0n) is 16.0. The first kappa shape index (κ1) is 17.5. The molecule has 1 heterocycles. The first-order chi connectivity index (χ1) is 12.4. The second kappa shape index (κ2) is 6.66. The van der Waals surface area contributed by atoms with Crippen LogP contribution < -0.4 is 5.32 Å². The minimum absolute atomic E-state index is 0.0836. The number of rotatable bonds is 2. The smallest absolute Gasteiger partial charge is 0.142 e. The lowest BCUT2D eigenvalue weighted by atomic mass is 9.59. The molecule has 2 bridgehead atoms. The summed E-state index contributed by atoms with van der Waals surface area (Å²) in [5.41, 5.74) is 2.70. The topological polar surface area (TPSA) is 29.1 Å². The monoisotopic (exact) mass is 347 g/mol. The van der Waals surface area contributed by atoms with Crippen molar-refractivity contribution in [3.63, 3.8) is 0 Å². The molecule has 5 atom stereocenters. The number of nitrogens with one attached hydrogen (secondary N) is 1. The highest BCUT2D eigenvalue weighted by Crippen LogP contribution is 2.51. The summed E-state index contributed by atoms with van der Waals surface area (Å²) in [6.07, 6.45) is 1.99. The molecule has 1 saturated carbocycles. The van der Waals surface area contributed by atoms with Crippen molar-refractivity contribution in [3.8, 4) is 0 Å². The van der Waals surface area contributed by atoms with Gasteiger partial charge in [0.2, 0.25) is 0 Å². The molecule has 26 heavy (non-hydrogen) atoms. The molecule has 136 valence electrons. The summed E-state index contributed by atoms with van der Waals surface area (Å²) in [5, 5.41) is 3.87. The Kier molecular flexibility index (Phi) is 4.48. The molecular weight excluding hydrogens is 318 g/mol. The second-order valence-corrected chi connectivity index (χ2v) is 9.09. The number of benzene rings is 2. The predicted molar refractivity (Wildman–Crippen MR) is 106 cm³/mol. The van der Waals surface area contributed by atoms with E-state index in [1.165, 1.54) is 11.1 Å². The van der Waals surface area contributed by atoms with Crippen LogP contribution in [-0.4, -0.2) is 5.78 Å². The first-order valence-corrected chi connectivity index (χ1v) is 9.85. The molecule has 0 radical (unpaired) electrons. The fraction of sp³-hybridized carbons (Fsp3) is 0.458. The van der Waals surface area contributed by atoms with Gasteiger partial charge < -0.3 is 5.32 Å². The SMILES string of the molecule is CC(C)(C)C1C[C@H]2C(=O)[C@H](C1)[C@H](c1ccccc1)N[C@@H]2c1ccccc1. The van der Waals surface area contributed by atoms with Gasteiger partial charge in [-0.25, -0.2) is 0 Å². The van der Waals surface area contributed by atoms with Crippen LogP contribution in [0.2, 0.25) is 0 Å². The fourth-order valence-electron chi connectivity index (χ4n) is 4.93. The highest BCUT2D eigenvalue weighted by molar-refractivity contribution is 5.87. The van der Waals surface area contributed by atoms with Gasteiger partial charge in [0.1, 0.15) is 5.78 Å². The van der Waals surface area contributed by atoms with Gasteiger partial charge in [-0.1, -0.05) is 81.4 Å². The molecule has 4 rings (SSSR count). The van der Waals surface area contributed by atoms with Crippen LogP contribution in [0.5, 0.6) is 0 Å². The van der Waals surface area contributed by atoms with Crippen LogP contribution in [0.25, 0.3) is 0 Å². The number of hydrogen-bond acceptors (Lipinski definition) is 2. The average Bonchev–Trinajstić information content (AvgIpc) is 2.62. The van der Waals surface area contributed by atoms with Crippen molar-refractivity contribution in [1.82, 2.24) is 5.32 Å². The van der Waals surface area contributed by atoms with Crippen LogP contribution in [0.4, 0.5) is 0 Å². The molecule has 1 aliphatic carbocycles. The zero-order chi connectivity index (χ0) is 18.3. The number of piperidine rings is 1. The lowest BCUT2D eigenvalue weighted by Crippen LogP contribution is -2.53. The van der Waals surface area contributed by atoms with Crippen LogP contribution in [0, 0.1) is 23.2 Å². The zero-order valence-corrected chi connectivity index (χ0v) is 16.0. The van der Waals surface area contributed by atoms with Gasteiger partial charge >= 0.3 is 0 Å². The molecule has 0 spiro atoms. The van der Waals surface area contributed by atoms with E-state index >= 15 is 0 Å². The van der Waals surface area contributed by atoms with Crippen molar-refractivity contribution < 1.29 is 4.79 Å². The average molecular weight is 348 g/mol. The first-order valence-electron chi connectivity index (χ1n) is 9.85. The third kappa shape index (κ3) is 3.12. The minimum Gasteiger partial charge on any atom is -0.302 e. The largest absolute Gasteiger partial charge is 0.302 e. The van der Waals surface area contributed by atoms with Gasteiger partial charge in [0, 0.05) is 23.9 Å². The Balaban J connectivity index is 1.76. The molecule has 2 fully saturated rings. The highest BCUT2D eigenvalue weighted by atomic mass is 16.1. The van der Waals surface area contributed by atoms with Crippen LogP contribution in [0.15, 0.2) is 60.7 Å². The highest BCUT2D eigenvalue weighted by Gasteiger charge is 2.50. The van der Waals surface area contributed by atoms with Crippen molar-refractivity contribution in [3.05, 3.63) is 71.8 Å². The molecule has 2 aromatic rings. The van der Waals surface area contributed by atoms with Crippen LogP contribution in [0.1, 0.15) is 56.8 Å². The van der Waals surface area contributed by atoms with Gasteiger partial charge in [-0.15, -0.1) is 0 Å². The summed E-state index contributed by atoms with van der Waals surface area (Å²) in [5.74, 6) is 1.21. The Morgan fingerprint density at radius 1 is 0.769 bits per heavy atom. The maximum absolute atomic E-state index is 13.4. The molecule has 2 aliphatic rings. The van der Waals surface area contributed by atoms with Crippen molar-refractivity contribution in [2.45, 2.75) is 45.7 Å². The Labute approximate surface area is 157 Å². The van der Waals surface area contributed by atoms with E-state index in [9.17, 15) is 4.79 Å². The standard InChI is InChI=1S/C24H29NO/c1-24(2,3)18-14-19-21(16-10-6-4-7-11-16)25-22(20(15-18)23(19)26)17-12-8-5-9-13-17/h4-13,18-22,25H,14-15H2,1-3H3/t18?,19-,20-,21-,22+/m1/s1. The van der Waals surface area contributed by atoms with E-state index in [0.717, 1.165) is 12.8 Å². The van der Waals surface area contributed by atoms with Crippen molar-refractivity contribution >= 4 is 5.78 Å². The third-order valence-corrected chi connectivity index (χ3v) is 6.51. The van der Waals surface area contributed by atoms with Gasteiger partial charge in [-0.3, -0.25) is 4.79 Å². The summed E-state index contributed by atoms with van der Waals surface area (Å²) < 4.78 is 0. The molecule has 0 amide bonds. The normalized spacial score (nSPS) is 31.7. The molecule has 1 aliphatic heterocycles. The lowest BCUT2D eigenvalue weighted by molar-refractivity contribution is -0.139. The van der Waals surface area contributed by atoms with E-state index in [4.69, 9.17) is 0 Å². The molecule has 1 N–H and O–H groups in total. The Bertz CT molecular complexity index is 704. The van der Waals surface area contributed by atoms with E-state index in [-0.39, 0.29) is 29.3 Å². The summed E-state index contributed by atoms with van der Waals surface area (Å²) in [4.78, 5) is 13.4. The van der Waals surface area contributed by atoms with Crippen LogP contribution in [-0.2, 0) is 4.79 Å². The van der Waals surface area contributed by atoms with Crippen LogP contribution >= 0.6 is 0 Å². The predicted octanol–water partition coefficient (Wildman–Crippen LogP) is 5.33. The molecule has 2 nitrogen and oxygen atoms in total. The molecule has 1 unspecified atom stereocenters. The Morgan fingerprint density at radius 3 is 1.58 bits per heavy atom. The quantitative estimate of drug-likeness (QED) is 0.795. The van der Waals surface area contributed by atoms with E-state index in [1.807, 2.05) is 12.1 Å². The minimum atomic E-state index is 0.0836. The van der Waals surface area contributed by atoms with E-state index in [0.29, 0.717) is 11.7 Å². The molecule has 1 saturated heterocycles. The van der Waals surface area contributed by atoms with Crippen molar-refractivity contribution in [2.75, 3.05) is 0 Å². The van der Waals surface area contributed by atoms with Gasteiger partial charge in [0.15, 0.2) is 0 Å². The van der Waals surface area contributed by atoms with Crippen molar-refractivity contribution in [1.29, 1.82) is 0 Å². The molecular formula is C24H29NO. The summed E-state index contributed by atoms with van der Waals surface area (Å²) >= 11 is 0. The number of ketones is 1. The molecule has 2 aromatic carbocycles. The van der Waals surface area contributed by atoms with E-state index in [1.54, 1.807) is 0 Å². The van der Waals surface area contributed by atoms with Crippen molar-refractivity contribution in [2.24, 2.45) is 23.2 Å². The maximum Gasteiger partial charge on any atom is 0.142 e. The Hall–Kier alpha value is -1.93. The third-order valence-electron chi connectivity index (χ3n) is 6.51. The maximum atomic E-state index is 13.4. The summed E-state index contributed by atoms with van der Waals surface area (Å²) in [6.45, 7) is 6.98. The van der Waals surface area contributed by atoms with Gasteiger partial charge in [0.25, 0.3) is 0 Å². The molecule has 2 heteroatoms. The number of Topliss-reactive ketones (excluding diaryl/α,β-unsaturated/α-hetero) is 1. The molecule has 0 aromatic heterocycles. The number of carbonyl (C=O) groups is 1. The number of hydrogen-bond donors (Lipinski definition) is 1. The van der Waals surface area contributed by atoms with Gasteiger partial charge in [-0.05, 0) is 35.3 Å². The summed E-state index contributed by atoms with van der Waals surface area (Å²) in [6, 6.07) is 21.3. The lowest BCUT2D eigenvalue weighted by Gasteiger charge is -2.50. The van der Waals surface area contributed by atoms with E-state index in [2.05, 4.69) is 74.6 Å². The van der Waals surface area contributed by atoms with Gasteiger partial charge in [-0.2, -0.15) is 0 Å². The second-order valence-electron chi connectivity index (χ2n) is 9.09. The van der Waals surface area contributed by atoms with Crippen LogP contribution in [0.3, 0.4) is 0 Å². The Morgan fingerprint density at radius 2 is 1.19 bits per heavy atom.